The highest BCUT2D eigenvalue weighted by molar-refractivity contribution is 5.57. The summed E-state index contributed by atoms with van der Waals surface area (Å²) in [4.78, 5) is 10.0. The van der Waals surface area contributed by atoms with E-state index in [-0.39, 0.29) is 6.10 Å². The standard InChI is InChI=1S/C7H12O3.C2H4/c8-7(9)10-6-4-2-1-3-5-6;1-2/h6H,1-5H2,(H,8,9);1-2H2. The number of rotatable bonds is 1. The summed E-state index contributed by atoms with van der Waals surface area (Å²) in [7, 11) is 0. The van der Waals surface area contributed by atoms with Crippen molar-refractivity contribution in [2.45, 2.75) is 38.2 Å². The fourth-order valence-corrected chi connectivity index (χ4v) is 1.33. The Labute approximate surface area is 73.0 Å². The fourth-order valence-electron chi connectivity index (χ4n) is 1.33. The highest BCUT2D eigenvalue weighted by Crippen LogP contribution is 2.19. The van der Waals surface area contributed by atoms with Crippen LogP contribution in [-0.2, 0) is 4.74 Å². The van der Waals surface area contributed by atoms with Crippen LogP contribution in [0.4, 0.5) is 4.79 Å². The van der Waals surface area contributed by atoms with Crippen LogP contribution >= 0.6 is 0 Å². The van der Waals surface area contributed by atoms with Gasteiger partial charge in [-0.25, -0.2) is 4.79 Å². The zero-order valence-corrected chi connectivity index (χ0v) is 7.29. The fraction of sp³-hybridized carbons (Fsp3) is 0.667. The van der Waals surface area contributed by atoms with Crippen molar-refractivity contribution >= 4 is 6.16 Å². The zero-order chi connectivity index (χ0) is 9.40. The first-order valence-corrected chi connectivity index (χ1v) is 4.18. The van der Waals surface area contributed by atoms with Crippen LogP contribution in [0.1, 0.15) is 32.1 Å². The minimum atomic E-state index is -1.13. The molecule has 1 aliphatic carbocycles. The molecule has 0 aliphatic heterocycles. The van der Waals surface area contributed by atoms with Crippen molar-refractivity contribution in [1.29, 1.82) is 0 Å². The Kier molecular flexibility index (Phi) is 6.15. The molecule has 1 N–H and O–H groups in total. The largest absolute Gasteiger partial charge is 0.506 e. The Bertz CT molecular complexity index is 128. The molecule has 0 aromatic heterocycles. The van der Waals surface area contributed by atoms with E-state index in [1.165, 1.54) is 6.42 Å². The van der Waals surface area contributed by atoms with Crippen molar-refractivity contribution < 1.29 is 14.6 Å². The molecule has 0 bridgehead atoms. The van der Waals surface area contributed by atoms with Crippen LogP contribution in [0, 0.1) is 0 Å². The Morgan fingerprint density at radius 1 is 1.25 bits per heavy atom. The second-order valence-electron chi connectivity index (χ2n) is 2.64. The van der Waals surface area contributed by atoms with E-state index in [4.69, 9.17) is 5.11 Å². The SMILES string of the molecule is C=C.O=C(O)OC1CCCCC1. The van der Waals surface area contributed by atoms with E-state index in [0.717, 1.165) is 25.7 Å². The summed E-state index contributed by atoms with van der Waals surface area (Å²) >= 11 is 0. The first kappa shape index (κ1) is 11.0. The first-order chi connectivity index (χ1) is 5.79. The van der Waals surface area contributed by atoms with Crippen LogP contribution < -0.4 is 0 Å². The molecule has 0 amide bonds. The summed E-state index contributed by atoms with van der Waals surface area (Å²) < 4.78 is 4.61. The molecule has 3 nitrogen and oxygen atoms in total. The number of ether oxygens (including phenoxy) is 1. The van der Waals surface area contributed by atoms with E-state index >= 15 is 0 Å². The first-order valence-electron chi connectivity index (χ1n) is 4.18. The summed E-state index contributed by atoms with van der Waals surface area (Å²) in [6.45, 7) is 6.00. The highest BCUT2D eigenvalue weighted by atomic mass is 16.7. The Hall–Kier alpha value is -0.990. The van der Waals surface area contributed by atoms with Crippen LogP contribution in [0.5, 0.6) is 0 Å². The van der Waals surface area contributed by atoms with Crippen molar-refractivity contribution in [3.05, 3.63) is 13.2 Å². The number of hydrogen-bond donors (Lipinski definition) is 1. The molecule has 1 rings (SSSR count). The van der Waals surface area contributed by atoms with Crippen LogP contribution in [0.2, 0.25) is 0 Å². The van der Waals surface area contributed by atoms with Crippen LogP contribution in [0.15, 0.2) is 13.2 Å². The molecule has 70 valence electrons. The van der Waals surface area contributed by atoms with Gasteiger partial charge in [-0.2, -0.15) is 0 Å². The lowest BCUT2D eigenvalue weighted by molar-refractivity contribution is 0.0358. The minimum absolute atomic E-state index is 0.0220. The predicted octanol–water partition coefficient (Wildman–Crippen LogP) is 2.82. The molecule has 0 saturated heterocycles. The van der Waals surface area contributed by atoms with E-state index < -0.39 is 6.16 Å². The predicted molar refractivity (Wildman–Crippen MR) is 47.2 cm³/mol. The summed E-state index contributed by atoms with van der Waals surface area (Å²) in [5.74, 6) is 0. The van der Waals surface area contributed by atoms with Gasteiger partial charge >= 0.3 is 6.16 Å². The van der Waals surface area contributed by atoms with E-state index in [9.17, 15) is 4.79 Å². The summed E-state index contributed by atoms with van der Waals surface area (Å²) in [6.07, 6.45) is 4.10. The second-order valence-corrected chi connectivity index (χ2v) is 2.64. The molecule has 3 heteroatoms. The van der Waals surface area contributed by atoms with Gasteiger partial charge in [0.05, 0.1) is 0 Å². The Morgan fingerprint density at radius 3 is 2.17 bits per heavy atom. The third-order valence-corrected chi connectivity index (χ3v) is 1.82. The highest BCUT2D eigenvalue weighted by Gasteiger charge is 2.16. The second kappa shape index (κ2) is 6.70. The van der Waals surface area contributed by atoms with E-state index in [0.29, 0.717) is 0 Å². The van der Waals surface area contributed by atoms with Gasteiger partial charge in [0.25, 0.3) is 0 Å². The molecular formula is C9H16O3. The topological polar surface area (TPSA) is 46.5 Å². The summed E-state index contributed by atoms with van der Waals surface area (Å²) in [5.41, 5.74) is 0. The number of hydrogen-bond acceptors (Lipinski definition) is 2. The molecule has 0 aromatic rings. The van der Waals surface area contributed by atoms with Gasteiger partial charge in [0.2, 0.25) is 0 Å². The molecule has 0 heterocycles. The monoisotopic (exact) mass is 172 g/mol. The molecule has 0 spiro atoms. The van der Waals surface area contributed by atoms with Gasteiger partial charge in [-0.3, -0.25) is 0 Å². The molecule has 0 radical (unpaired) electrons. The van der Waals surface area contributed by atoms with E-state index in [2.05, 4.69) is 17.9 Å². The molecule has 0 atom stereocenters. The maximum absolute atomic E-state index is 10.0. The molecule has 0 unspecified atom stereocenters. The molecule has 1 aliphatic rings. The average molecular weight is 172 g/mol. The van der Waals surface area contributed by atoms with Crippen molar-refractivity contribution in [3.63, 3.8) is 0 Å². The smallest absolute Gasteiger partial charge is 0.450 e. The van der Waals surface area contributed by atoms with Crippen LogP contribution in [-0.4, -0.2) is 17.4 Å². The van der Waals surface area contributed by atoms with Crippen molar-refractivity contribution in [3.8, 4) is 0 Å². The summed E-state index contributed by atoms with van der Waals surface area (Å²) in [5, 5.41) is 8.24. The van der Waals surface area contributed by atoms with Gasteiger partial charge in [-0.1, -0.05) is 6.42 Å². The molecular weight excluding hydrogens is 156 g/mol. The number of carboxylic acid groups (broad SMARTS) is 1. The van der Waals surface area contributed by atoms with Gasteiger partial charge in [0, 0.05) is 0 Å². The maximum Gasteiger partial charge on any atom is 0.506 e. The normalized spacial score (nSPS) is 17.3. The zero-order valence-electron chi connectivity index (χ0n) is 7.29. The van der Waals surface area contributed by atoms with Crippen LogP contribution in [0.3, 0.4) is 0 Å². The van der Waals surface area contributed by atoms with Gasteiger partial charge in [-0.05, 0) is 25.7 Å². The van der Waals surface area contributed by atoms with Gasteiger partial charge in [-0.15, -0.1) is 13.2 Å². The van der Waals surface area contributed by atoms with Gasteiger partial charge < -0.3 is 9.84 Å². The molecule has 0 aromatic carbocycles. The average Bonchev–Trinajstić information content (AvgIpc) is 2.08. The van der Waals surface area contributed by atoms with E-state index in [1.807, 2.05) is 0 Å². The van der Waals surface area contributed by atoms with Crippen molar-refractivity contribution in [1.82, 2.24) is 0 Å². The third-order valence-electron chi connectivity index (χ3n) is 1.82. The van der Waals surface area contributed by atoms with Gasteiger partial charge in [0.15, 0.2) is 0 Å². The maximum atomic E-state index is 10.0. The summed E-state index contributed by atoms with van der Waals surface area (Å²) in [6, 6.07) is 0. The lowest BCUT2D eigenvalue weighted by atomic mass is 9.98. The van der Waals surface area contributed by atoms with Gasteiger partial charge in [0.1, 0.15) is 6.10 Å². The third kappa shape index (κ3) is 4.77. The molecule has 12 heavy (non-hydrogen) atoms. The Morgan fingerprint density at radius 2 is 1.75 bits per heavy atom. The van der Waals surface area contributed by atoms with E-state index in [1.54, 1.807) is 0 Å². The van der Waals surface area contributed by atoms with Crippen LogP contribution in [0.25, 0.3) is 0 Å². The molecule has 1 saturated carbocycles. The molecule has 1 fully saturated rings. The quantitative estimate of drug-likeness (QED) is 0.488. The Balaban J connectivity index is 0.000000561. The van der Waals surface area contributed by atoms with Crippen molar-refractivity contribution in [2.24, 2.45) is 0 Å². The minimum Gasteiger partial charge on any atom is -0.450 e. The number of carbonyl (C=O) groups is 1. The van der Waals surface area contributed by atoms with Crippen molar-refractivity contribution in [2.75, 3.05) is 0 Å². The lowest BCUT2D eigenvalue weighted by Crippen LogP contribution is -2.19. The lowest BCUT2D eigenvalue weighted by Gasteiger charge is -2.19.